The minimum atomic E-state index is 0.603. The predicted octanol–water partition coefficient (Wildman–Crippen LogP) is 3.59. The first-order valence-electron chi connectivity index (χ1n) is 5.93. The van der Waals surface area contributed by atoms with E-state index in [4.69, 9.17) is 0 Å². The molecule has 2 aromatic heterocycles. The van der Waals surface area contributed by atoms with E-state index in [1.807, 2.05) is 6.07 Å². The van der Waals surface area contributed by atoms with Crippen LogP contribution in [0.25, 0.3) is 22.2 Å². The highest BCUT2D eigenvalue weighted by molar-refractivity contribution is 5.98. The molecule has 0 spiro atoms. The summed E-state index contributed by atoms with van der Waals surface area (Å²) >= 11 is 0. The summed E-state index contributed by atoms with van der Waals surface area (Å²) in [7, 11) is 0. The highest BCUT2D eigenvalue weighted by Gasteiger charge is 2.12. The summed E-state index contributed by atoms with van der Waals surface area (Å²) in [5.41, 5.74) is 6.22. The Kier molecular flexibility index (Phi) is 2.33. The van der Waals surface area contributed by atoms with Crippen LogP contribution in [-0.4, -0.2) is 16.3 Å². The fraction of sp³-hybridized carbons (Fsp3) is 0.133. The average Bonchev–Trinajstić information content (AvgIpc) is 2.93. The Hall–Kier alpha value is -2.29. The third kappa shape index (κ3) is 1.48. The topological polar surface area (TPSA) is 48.6 Å². The molecule has 3 heteroatoms. The fourth-order valence-electron chi connectivity index (χ4n) is 2.47. The molecule has 18 heavy (non-hydrogen) atoms. The molecular formula is C15H14N2O. The van der Waals surface area contributed by atoms with Crippen molar-refractivity contribution in [3.8, 4) is 11.3 Å². The van der Waals surface area contributed by atoms with Crippen molar-refractivity contribution in [1.29, 1.82) is 0 Å². The monoisotopic (exact) mass is 238 g/mol. The number of aromatic nitrogens is 2. The number of carbonyl (C=O) groups is 1. The standard InChI is InChI=1S/C15H14N2O/c1-9-4-3-5-12-14(10(2)16-15(9)12)13-7-6-11(8-18)17-13/h3-8,16-17H,1-2H3. The summed E-state index contributed by atoms with van der Waals surface area (Å²) in [5, 5.41) is 1.19. The molecule has 2 N–H and O–H groups in total. The van der Waals surface area contributed by atoms with Crippen LogP contribution in [0.5, 0.6) is 0 Å². The minimum absolute atomic E-state index is 0.603. The van der Waals surface area contributed by atoms with E-state index in [1.165, 1.54) is 10.9 Å². The number of benzene rings is 1. The van der Waals surface area contributed by atoms with Gasteiger partial charge in [0, 0.05) is 27.9 Å². The average molecular weight is 238 g/mol. The molecule has 0 saturated carbocycles. The lowest BCUT2D eigenvalue weighted by molar-refractivity contribution is 0.111. The summed E-state index contributed by atoms with van der Waals surface area (Å²) in [4.78, 5) is 17.3. The van der Waals surface area contributed by atoms with E-state index < -0.39 is 0 Å². The number of hydrogen-bond donors (Lipinski definition) is 2. The highest BCUT2D eigenvalue weighted by atomic mass is 16.1. The Morgan fingerprint density at radius 1 is 1.06 bits per heavy atom. The fourth-order valence-corrected chi connectivity index (χ4v) is 2.47. The number of aldehydes is 1. The summed E-state index contributed by atoms with van der Waals surface area (Å²) in [6.45, 7) is 4.14. The van der Waals surface area contributed by atoms with Crippen LogP contribution in [0.2, 0.25) is 0 Å². The van der Waals surface area contributed by atoms with Crippen LogP contribution < -0.4 is 0 Å². The number of para-hydroxylation sites is 1. The number of fused-ring (bicyclic) bond motifs is 1. The van der Waals surface area contributed by atoms with Gasteiger partial charge >= 0.3 is 0 Å². The second-order valence-electron chi connectivity index (χ2n) is 4.57. The summed E-state index contributed by atoms with van der Waals surface area (Å²) in [5.74, 6) is 0. The molecule has 0 aliphatic heterocycles. The van der Waals surface area contributed by atoms with Crippen LogP contribution in [0.4, 0.5) is 0 Å². The Morgan fingerprint density at radius 2 is 1.89 bits per heavy atom. The Bertz CT molecular complexity index is 734. The van der Waals surface area contributed by atoms with E-state index in [9.17, 15) is 4.79 Å². The van der Waals surface area contributed by atoms with E-state index in [0.29, 0.717) is 5.69 Å². The third-order valence-corrected chi connectivity index (χ3v) is 3.33. The summed E-state index contributed by atoms with van der Waals surface area (Å²) < 4.78 is 0. The Balaban J connectivity index is 2.31. The van der Waals surface area contributed by atoms with Crippen molar-refractivity contribution < 1.29 is 4.79 Å². The van der Waals surface area contributed by atoms with Gasteiger partial charge in [-0.1, -0.05) is 18.2 Å². The maximum absolute atomic E-state index is 10.8. The first-order chi connectivity index (χ1) is 8.70. The minimum Gasteiger partial charge on any atom is -0.358 e. The van der Waals surface area contributed by atoms with Gasteiger partial charge in [0.2, 0.25) is 0 Å². The smallest absolute Gasteiger partial charge is 0.166 e. The molecule has 90 valence electrons. The molecule has 0 bridgehead atoms. The molecule has 0 fully saturated rings. The quantitative estimate of drug-likeness (QED) is 0.658. The first kappa shape index (κ1) is 10.8. The highest BCUT2D eigenvalue weighted by Crippen LogP contribution is 2.32. The van der Waals surface area contributed by atoms with Crippen LogP contribution in [0.3, 0.4) is 0 Å². The van der Waals surface area contributed by atoms with Gasteiger partial charge in [-0.3, -0.25) is 4.79 Å². The Labute approximate surface area is 105 Å². The van der Waals surface area contributed by atoms with Crippen molar-refractivity contribution in [2.45, 2.75) is 13.8 Å². The van der Waals surface area contributed by atoms with E-state index in [0.717, 1.165) is 28.8 Å². The Morgan fingerprint density at radius 3 is 2.61 bits per heavy atom. The van der Waals surface area contributed by atoms with Crippen LogP contribution in [0.1, 0.15) is 21.7 Å². The van der Waals surface area contributed by atoms with E-state index >= 15 is 0 Å². The van der Waals surface area contributed by atoms with Crippen LogP contribution >= 0.6 is 0 Å². The lowest BCUT2D eigenvalue weighted by Gasteiger charge is -1.99. The molecule has 0 radical (unpaired) electrons. The molecule has 2 heterocycles. The van der Waals surface area contributed by atoms with Crippen molar-refractivity contribution in [2.24, 2.45) is 0 Å². The second-order valence-corrected chi connectivity index (χ2v) is 4.57. The van der Waals surface area contributed by atoms with Gasteiger partial charge < -0.3 is 9.97 Å². The molecule has 3 rings (SSSR count). The van der Waals surface area contributed by atoms with Crippen molar-refractivity contribution in [3.05, 3.63) is 47.3 Å². The molecule has 0 aliphatic carbocycles. The van der Waals surface area contributed by atoms with Gasteiger partial charge in [-0.15, -0.1) is 0 Å². The van der Waals surface area contributed by atoms with Gasteiger partial charge in [0.15, 0.2) is 6.29 Å². The number of aryl methyl sites for hydroxylation is 2. The maximum atomic E-state index is 10.8. The van der Waals surface area contributed by atoms with Gasteiger partial charge in [0.25, 0.3) is 0 Å². The van der Waals surface area contributed by atoms with Gasteiger partial charge in [0.05, 0.1) is 5.69 Å². The molecule has 0 saturated heterocycles. The SMILES string of the molecule is Cc1[nH]c2c(C)cccc2c1-c1ccc(C=O)[nH]1. The van der Waals surface area contributed by atoms with Crippen molar-refractivity contribution in [1.82, 2.24) is 9.97 Å². The van der Waals surface area contributed by atoms with Gasteiger partial charge in [0.1, 0.15) is 0 Å². The van der Waals surface area contributed by atoms with Crippen molar-refractivity contribution in [2.75, 3.05) is 0 Å². The largest absolute Gasteiger partial charge is 0.358 e. The molecule has 3 aromatic rings. The lowest BCUT2D eigenvalue weighted by Crippen LogP contribution is -1.82. The van der Waals surface area contributed by atoms with E-state index in [1.54, 1.807) is 6.07 Å². The maximum Gasteiger partial charge on any atom is 0.166 e. The number of rotatable bonds is 2. The molecule has 0 unspecified atom stereocenters. The number of aromatic amines is 2. The zero-order valence-corrected chi connectivity index (χ0v) is 10.4. The van der Waals surface area contributed by atoms with Gasteiger partial charge in [-0.05, 0) is 31.5 Å². The normalized spacial score (nSPS) is 11.0. The molecule has 0 amide bonds. The second kappa shape index (κ2) is 3.88. The number of carbonyl (C=O) groups excluding carboxylic acids is 1. The van der Waals surface area contributed by atoms with Crippen LogP contribution in [-0.2, 0) is 0 Å². The molecule has 3 nitrogen and oxygen atoms in total. The number of nitrogens with one attached hydrogen (secondary N) is 2. The van der Waals surface area contributed by atoms with Gasteiger partial charge in [-0.25, -0.2) is 0 Å². The molecular weight excluding hydrogens is 224 g/mol. The predicted molar refractivity (Wildman–Crippen MR) is 72.9 cm³/mol. The first-order valence-corrected chi connectivity index (χ1v) is 5.93. The zero-order chi connectivity index (χ0) is 12.7. The van der Waals surface area contributed by atoms with Crippen LogP contribution in [0.15, 0.2) is 30.3 Å². The number of H-pyrrole nitrogens is 2. The lowest BCUT2D eigenvalue weighted by atomic mass is 10.1. The van der Waals surface area contributed by atoms with Gasteiger partial charge in [-0.2, -0.15) is 0 Å². The summed E-state index contributed by atoms with van der Waals surface area (Å²) in [6.07, 6.45) is 0.832. The molecule has 0 aliphatic rings. The van der Waals surface area contributed by atoms with Crippen LogP contribution in [0, 0.1) is 13.8 Å². The van der Waals surface area contributed by atoms with E-state index in [-0.39, 0.29) is 0 Å². The summed E-state index contributed by atoms with van der Waals surface area (Å²) in [6, 6.07) is 9.99. The van der Waals surface area contributed by atoms with E-state index in [2.05, 4.69) is 42.0 Å². The molecule has 0 atom stereocenters. The zero-order valence-electron chi connectivity index (χ0n) is 10.4. The third-order valence-electron chi connectivity index (χ3n) is 3.33. The van der Waals surface area contributed by atoms with Crippen molar-refractivity contribution in [3.63, 3.8) is 0 Å². The van der Waals surface area contributed by atoms with Crippen molar-refractivity contribution >= 4 is 17.2 Å². The number of hydrogen-bond acceptors (Lipinski definition) is 1. The molecule has 1 aromatic carbocycles.